The summed E-state index contributed by atoms with van der Waals surface area (Å²) in [4.78, 5) is 18.6. The summed E-state index contributed by atoms with van der Waals surface area (Å²) >= 11 is 0. The van der Waals surface area contributed by atoms with Crippen molar-refractivity contribution in [2.24, 2.45) is 5.84 Å². The highest BCUT2D eigenvalue weighted by molar-refractivity contribution is 5.92. The number of nitrogens with one attached hydrogen (secondary N) is 1. The summed E-state index contributed by atoms with van der Waals surface area (Å²) in [5, 5.41) is 0. The normalized spacial score (nSPS) is 17.3. The average molecular weight is 295 g/mol. The summed E-state index contributed by atoms with van der Waals surface area (Å²) in [6.07, 6.45) is 1.53. The Morgan fingerprint density at radius 3 is 2.62 bits per heavy atom. The van der Waals surface area contributed by atoms with E-state index in [1.165, 1.54) is 6.26 Å². The molecule has 0 bridgehead atoms. The van der Waals surface area contributed by atoms with Crippen LogP contribution < -0.4 is 11.3 Å². The van der Waals surface area contributed by atoms with Crippen LogP contribution in [0.1, 0.15) is 16.1 Å². The Labute approximate surface area is 125 Å². The first-order chi connectivity index (χ1) is 10.1. The van der Waals surface area contributed by atoms with Crippen LogP contribution >= 0.6 is 0 Å². The summed E-state index contributed by atoms with van der Waals surface area (Å²) in [5.74, 6) is 5.09. The highest BCUT2D eigenvalue weighted by Gasteiger charge is 2.20. The van der Waals surface area contributed by atoms with Gasteiger partial charge in [-0.2, -0.15) is 0 Å². The molecule has 0 unspecified atom stereocenters. The molecule has 1 saturated heterocycles. The lowest BCUT2D eigenvalue weighted by Crippen LogP contribution is -2.47. The fraction of sp³-hybridized carbons (Fsp3) is 0.643. The van der Waals surface area contributed by atoms with Crippen LogP contribution in [-0.2, 0) is 6.54 Å². The van der Waals surface area contributed by atoms with E-state index in [1.807, 2.05) is 6.07 Å². The molecule has 7 heteroatoms. The number of carbonyl (C=O) groups is 1. The van der Waals surface area contributed by atoms with E-state index in [4.69, 9.17) is 10.3 Å². The molecule has 1 aliphatic rings. The third-order valence-corrected chi connectivity index (χ3v) is 3.81. The number of hydrazine groups is 1. The van der Waals surface area contributed by atoms with Crippen LogP contribution in [0, 0.1) is 0 Å². The zero-order valence-corrected chi connectivity index (χ0v) is 12.8. The molecular formula is C14H25N5O2. The third-order valence-electron chi connectivity index (χ3n) is 3.81. The highest BCUT2D eigenvalue weighted by Crippen LogP contribution is 2.14. The van der Waals surface area contributed by atoms with Crippen molar-refractivity contribution >= 4 is 5.91 Å². The predicted molar refractivity (Wildman–Crippen MR) is 80.6 cm³/mol. The van der Waals surface area contributed by atoms with Gasteiger partial charge in [-0.15, -0.1) is 0 Å². The second-order valence-corrected chi connectivity index (χ2v) is 5.67. The Morgan fingerprint density at radius 2 is 2.00 bits per heavy atom. The second-order valence-electron chi connectivity index (χ2n) is 5.67. The number of rotatable bonds is 6. The van der Waals surface area contributed by atoms with Gasteiger partial charge in [0, 0.05) is 51.4 Å². The molecule has 7 nitrogen and oxygen atoms in total. The molecule has 1 fully saturated rings. The predicted octanol–water partition coefficient (Wildman–Crippen LogP) is -0.438. The number of nitrogen functional groups attached to an aromatic ring is 1. The van der Waals surface area contributed by atoms with Crippen molar-refractivity contribution in [3.05, 3.63) is 23.7 Å². The van der Waals surface area contributed by atoms with Crippen molar-refractivity contribution in [3.8, 4) is 0 Å². The van der Waals surface area contributed by atoms with E-state index in [0.717, 1.165) is 51.4 Å². The Hall–Kier alpha value is -1.41. The first-order valence-corrected chi connectivity index (χ1v) is 7.27. The monoisotopic (exact) mass is 295 g/mol. The zero-order chi connectivity index (χ0) is 15.2. The fourth-order valence-corrected chi connectivity index (χ4v) is 2.48. The SMILES string of the molecule is CN(C)CCN1CCN(Cc2ccoc2C(=O)NN)CC1. The largest absolute Gasteiger partial charge is 0.459 e. The van der Waals surface area contributed by atoms with Gasteiger partial charge in [-0.25, -0.2) is 5.84 Å². The molecule has 118 valence electrons. The smallest absolute Gasteiger partial charge is 0.301 e. The van der Waals surface area contributed by atoms with Crippen molar-refractivity contribution < 1.29 is 9.21 Å². The fourth-order valence-electron chi connectivity index (χ4n) is 2.48. The highest BCUT2D eigenvalue weighted by atomic mass is 16.3. The van der Waals surface area contributed by atoms with Crippen molar-refractivity contribution in [1.29, 1.82) is 0 Å². The van der Waals surface area contributed by atoms with Crippen molar-refractivity contribution in [1.82, 2.24) is 20.1 Å². The van der Waals surface area contributed by atoms with Gasteiger partial charge in [-0.3, -0.25) is 20.0 Å². The minimum Gasteiger partial charge on any atom is -0.459 e. The van der Waals surface area contributed by atoms with Gasteiger partial charge in [-0.1, -0.05) is 0 Å². The summed E-state index contributed by atoms with van der Waals surface area (Å²) in [5.41, 5.74) is 3.00. The number of furan rings is 1. The molecule has 2 rings (SSSR count). The van der Waals surface area contributed by atoms with Gasteiger partial charge < -0.3 is 9.32 Å². The minimum absolute atomic E-state index is 0.313. The van der Waals surface area contributed by atoms with Crippen LogP contribution in [0.4, 0.5) is 0 Å². The Bertz CT molecular complexity index is 452. The molecule has 0 aromatic carbocycles. The number of carbonyl (C=O) groups excluding carboxylic acids is 1. The molecule has 0 radical (unpaired) electrons. The van der Waals surface area contributed by atoms with Gasteiger partial charge in [0.15, 0.2) is 5.76 Å². The lowest BCUT2D eigenvalue weighted by molar-refractivity contribution is 0.0918. The molecule has 0 saturated carbocycles. The standard InChI is InChI=1S/C14H25N5O2/c1-17(2)4-5-18-6-8-19(9-7-18)11-12-3-10-21-13(12)14(20)16-15/h3,10H,4-9,11,15H2,1-2H3,(H,16,20). The van der Waals surface area contributed by atoms with Crippen LogP contribution in [0.2, 0.25) is 0 Å². The van der Waals surface area contributed by atoms with Crippen molar-refractivity contribution in [3.63, 3.8) is 0 Å². The summed E-state index contributed by atoms with van der Waals surface area (Å²) in [6.45, 7) is 7.04. The van der Waals surface area contributed by atoms with Crippen LogP contribution in [0.3, 0.4) is 0 Å². The van der Waals surface area contributed by atoms with Crippen LogP contribution in [0.15, 0.2) is 16.7 Å². The Balaban J connectivity index is 1.81. The Kier molecular flexibility index (Phi) is 5.75. The molecule has 1 aromatic heterocycles. The van der Waals surface area contributed by atoms with Crippen LogP contribution in [0.25, 0.3) is 0 Å². The van der Waals surface area contributed by atoms with E-state index in [0.29, 0.717) is 5.76 Å². The molecule has 3 N–H and O–H groups in total. The number of likely N-dealkylation sites (N-methyl/N-ethyl adjacent to an activating group) is 1. The van der Waals surface area contributed by atoms with Crippen LogP contribution in [0.5, 0.6) is 0 Å². The van der Waals surface area contributed by atoms with Gasteiger partial charge in [0.25, 0.3) is 0 Å². The van der Waals surface area contributed by atoms with E-state index in [9.17, 15) is 4.79 Å². The molecule has 0 aliphatic carbocycles. The van der Waals surface area contributed by atoms with Gasteiger partial charge >= 0.3 is 5.91 Å². The van der Waals surface area contributed by atoms with E-state index in [-0.39, 0.29) is 5.91 Å². The summed E-state index contributed by atoms with van der Waals surface area (Å²) in [7, 11) is 4.19. The van der Waals surface area contributed by atoms with Gasteiger partial charge in [0.2, 0.25) is 0 Å². The maximum absolute atomic E-state index is 11.6. The van der Waals surface area contributed by atoms with Crippen LogP contribution in [-0.4, -0.2) is 74.0 Å². The maximum Gasteiger partial charge on any atom is 0.301 e. The number of nitrogens with two attached hydrogens (primary N) is 1. The second kappa shape index (κ2) is 7.56. The van der Waals surface area contributed by atoms with E-state index in [2.05, 4.69) is 34.2 Å². The van der Waals surface area contributed by atoms with Gasteiger partial charge in [0.05, 0.1) is 6.26 Å². The molecule has 2 heterocycles. The van der Waals surface area contributed by atoms with Gasteiger partial charge in [0.1, 0.15) is 0 Å². The number of piperazine rings is 1. The lowest BCUT2D eigenvalue weighted by atomic mass is 10.2. The summed E-state index contributed by atoms with van der Waals surface area (Å²) < 4.78 is 5.21. The summed E-state index contributed by atoms with van der Waals surface area (Å²) in [6, 6.07) is 1.84. The zero-order valence-electron chi connectivity index (χ0n) is 12.8. The molecule has 1 aromatic rings. The number of hydrogen-bond donors (Lipinski definition) is 2. The molecule has 0 spiro atoms. The molecule has 21 heavy (non-hydrogen) atoms. The average Bonchev–Trinajstić information content (AvgIpc) is 2.94. The number of nitrogens with zero attached hydrogens (tertiary/aromatic N) is 3. The molecule has 0 atom stereocenters. The van der Waals surface area contributed by atoms with Crippen molar-refractivity contribution in [2.75, 3.05) is 53.4 Å². The minimum atomic E-state index is -0.375. The number of hydrogen-bond acceptors (Lipinski definition) is 6. The van der Waals surface area contributed by atoms with Gasteiger partial charge in [-0.05, 0) is 20.2 Å². The topological polar surface area (TPSA) is 78.0 Å². The first-order valence-electron chi connectivity index (χ1n) is 7.27. The first kappa shape index (κ1) is 16.0. The molecular weight excluding hydrogens is 270 g/mol. The molecule has 1 aliphatic heterocycles. The van der Waals surface area contributed by atoms with E-state index < -0.39 is 0 Å². The molecule has 1 amide bonds. The third kappa shape index (κ3) is 4.53. The quantitative estimate of drug-likeness (QED) is 0.421. The van der Waals surface area contributed by atoms with E-state index in [1.54, 1.807) is 0 Å². The lowest BCUT2D eigenvalue weighted by Gasteiger charge is -2.35. The number of amides is 1. The van der Waals surface area contributed by atoms with Crippen molar-refractivity contribution in [2.45, 2.75) is 6.54 Å². The Morgan fingerprint density at radius 1 is 1.33 bits per heavy atom. The van der Waals surface area contributed by atoms with E-state index >= 15 is 0 Å². The maximum atomic E-state index is 11.6.